The molecule has 0 saturated heterocycles. The van der Waals surface area contributed by atoms with Crippen LogP contribution in [0.5, 0.6) is 5.75 Å². The van der Waals surface area contributed by atoms with Crippen LogP contribution in [0, 0.1) is 0 Å². The van der Waals surface area contributed by atoms with E-state index < -0.39 is 6.10 Å². The Hall–Kier alpha value is -1.53. The van der Waals surface area contributed by atoms with Gasteiger partial charge in [0, 0.05) is 21.9 Å². The first kappa shape index (κ1) is 13.2. The highest BCUT2D eigenvalue weighted by molar-refractivity contribution is 7.99. The van der Waals surface area contributed by atoms with Crippen molar-refractivity contribution in [3.63, 3.8) is 0 Å². The van der Waals surface area contributed by atoms with Crippen molar-refractivity contribution in [2.75, 3.05) is 11.1 Å². The Morgan fingerprint density at radius 2 is 2.19 bits per heavy atom. The summed E-state index contributed by atoms with van der Waals surface area (Å²) in [6.07, 6.45) is 1.98. The van der Waals surface area contributed by atoms with E-state index in [-0.39, 0.29) is 5.91 Å². The number of para-hydroxylation sites is 1. The lowest BCUT2D eigenvalue weighted by Gasteiger charge is -2.24. The number of ether oxygens (including phenoxy) is 1. The standard InChI is InChI=1S/C15H14N2O2S2/c18-14(17-15-16-10(7-21-15)9-5-6-9)12-8-20-13-4-2-1-3-11(13)19-12/h1-4,7,9,12H,5-6,8H2,(H,16,17,18). The van der Waals surface area contributed by atoms with E-state index in [9.17, 15) is 4.79 Å². The zero-order valence-electron chi connectivity index (χ0n) is 11.2. The molecule has 0 bridgehead atoms. The summed E-state index contributed by atoms with van der Waals surface area (Å²) < 4.78 is 5.78. The van der Waals surface area contributed by atoms with E-state index in [1.807, 2.05) is 29.6 Å². The highest BCUT2D eigenvalue weighted by atomic mass is 32.2. The number of aromatic nitrogens is 1. The predicted molar refractivity (Wildman–Crippen MR) is 84.3 cm³/mol. The second-order valence-corrected chi connectivity index (χ2v) is 7.13. The number of fused-ring (bicyclic) bond motifs is 1. The van der Waals surface area contributed by atoms with Crippen LogP contribution in [0.25, 0.3) is 0 Å². The third-order valence-electron chi connectivity index (χ3n) is 3.55. The number of anilines is 1. The second-order valence-electron chi connectivity index (χ2n) is 5.21. The zero-order chi connectivity index (χ0) is 14.2. The summed E-state index contributed by atoms with van der Waals surface area (Å²) in [7, 11) is 0. The van der Waals surface area contributed by atoms with Crippen LogP contribution in [-0.2, 0) is 4.79 Å². The fourth-order valence-electron chi connectivity index (χ4n) is 2.24. The molecule has 1 unspecified atom stereocenters. The quantitative estimate of drug-likeness (QED) is 0.941. The van der Waals surface area contributed by atoms with Gasteiger partial charge in [-0.05, 0) is 25.0 Å². The minimum Gasteiger partial charge on any atom is -0.479 e. The number of carbonyl (C=O) groups is 1. The van der Waals surface area contributed by atoms with E-state index >= 15 is 0 Å². The van der Waals surface area contributed by atoms with Gasteiger partial charge in [-0.2, -0.15) is 0 Å². The molecule has 2 heterocycles. The highest BCUT2D eigenvalue weighted by Gasteiger charge is 2.29. The van der Waals surface area contributed by atoms with Gasteiger partial charge >= 0.3 is 0 Å². The van der Waals surface area contributed by atoms with Gasteiger partial charge in [-0.3, -0.25) is 10.1 Å². The molecule has 0 radical (unpaired) electrons. The Kier molecular flexibility index (Phi) is 3.35. The van der Waals surface area contributed by atoms with Crippen molar-refractivity contribution in [2.24, 2.45) is 0 Å². The first-order chi connectivity index (χ1) is 10.3. The first-order valence-electron chi connectivity index (χ1n) is 6.94. The van der Waals surface area contributed by atoms with Crippen molar-refractivity contribution in [2.45, 2.75) is 29.8 Å². The molecule has 1 aromatic heterocycles. The molecule has 4 rings (SSSR count). The molecule has 6 heteroatoms. The molecular weight excluding hydrogens is 304 g/mol. The largest absolute Gasteiger partial charge is 0.479 e. The number of carbonyl (C=O) groups excluding carboxylic acids is 1. The molecule has 1 aliphatic carbocycles. The number of hydrogen-bond donors (Lipinski definition) is 1. The maximum absolute atomic E-state index is 12.3. The monoisotopic (exact) mass is 318 g/mol. The van der Waals surface area contributed by atoms with Crippen molar-refractivity contribution in [3.05, 3.63) is 35.3 Å². The van der Waals surface area contributed by atoms with Gasteiger partial charge in [-0.25, -0.2) is 4.98 Å². The summed E-state index contributed by atoms with van der Waals surface area (Å²) in [5, 5.41) is 5.59. The Morgan fingerprint density at radius 1 is 1.33 bits per heavy atom. The van der Waals surface area contributed by atoms with Crippen LogP contribution in [0.1, 0.15) is 24.5 Å². The lowest BCUT2D eigenvalue weighted by Crippen LogP contribution is -2.36. The van der Waals surface area contributed by atoms with Crippen LogP contribution >= 0.6 is 23.1 Å². The van der Waals surface area contributed by atoms with E-state index in [0.29, 0.717) is 16.8 Å². The zero-order valence-corrected chi connectivity index (χ0v) is 12.9. The molecule has 0 spiro atoms. The topological polar surface area (TPSA) is 51.2 Å². The Morgan fingerprint density at radius 3 is 3.05 bits per heavy atom. The second kappa shape index (κ2) is 5.35. The molecule has 1 amide bonds. The van der Waals surface area contributed by atoms with Gasteiger partial charge in [-0.15, -0.1) is 23.1 Å². The number of benzene rings is 1. The normalized spacial score (nSPS) is 20.5. The van der Waals surface area contributed by atoms with Crippen LogP contribution < -0.4 is 10.1 Å². The molecule has 1 atom stereocenters. The number of thiazole rings is 1. The van der Waals surface area contributed by atoms with Gasteiger partial charge in [0.1, 0.15) is 5.75 Å². The van der Waals surface area contributed by atoms with Crippen molar-refractivity contribution in [1.82, 2.24) is 4.98 Å². The van der Waals surface area contributed by atoms with Crippen molar-refractivity contribution in [3.8, 4) is 5.75 Å². The maximum Gasteiger partial charge on any atom is 0.268 e. The molecular formula is C15H14N2O2S2. The van der Waals surface area contributed by atoms with Crippen molar-refractivity contribution >= 4 is 34.1 Å². The van der Waals surface area contributed by atoms with E-state index in [2.05, 4.69) is 10.3 Å². The summed E-state index contributed by atoms with van der Waals surface area (Å²) in [5.74, 6) is 1.91. The first-order valence-corrected chi connectivity index (χ1v) is 8.81. The van der Waals surface area contributed by atoms with Gasteiger partial charge in [0.15, 0.2) is 11.2 Å². The molecule has 21 heavy (non-hydrogen) atoms. The van der Waals surface area contributed by atoms with Crippen LogP contribution in [0.15, 0.2) is 34.5 Å². The molecule has 1 aromatic carbocycles. The fourth-order valence-corrected chi connectivity index (χ4v) is 4.02. The molecule has 1 N–H and O–H groups in total. The molecule has 1 fully saturated rings. The van der Waals surface area contributed by atoms with Crippen LogP contribution in [0.4, 0.5) is 5.13 Å². The average molecular weight is 318 g/mol. The number of hydrogen-bond acceptors (Lipinski definition) is 5. The Labute approximate surface area is 130 Å². The van der Waals surface area contributed by atoms with E-state index in [4.69, 9.17) is 4.74 Å². The molecule has 1 saturated carbocycles. The molecule has 2 aromatic rings. The van der Waals surface area contributed by atoms with Crippen LogP contribution in [0.3, 0.4) is 0 Å². The van der Waals surface area contributed by atoms with E-state index in [0.717, 1.165) is 16.3 Å². The smallest absolute Gasteiger partial charge is 0.268 e. The number of nitrogens with one attached hydrogen (secondary N) is 1. The van der Waals surface area contributed by atoms with Gasteiger partial charge in [0.2, 0.25) is 0 Å². The number of thioether (sulfide) groups is 1. The van der Waals surface area contributed by atoms with Crippen LogP contribution in [0.2, 0.25) is 0 Å². The Balaban J connectivity index is 1.43. The minimum atomic E-state index is -0.460. The summed E-state index contributed by atoms with van der Waals surface area (Å²) in [6, 6.07) is 7.81. The summed E-state index contributed by atoms with van der Waals surface area (Å²) in [4.78, 5) is 17.9. The summed E-state index contributed by atoms with van der Waals surface area (Å²) in [6.45, 7) is 0. The molecule has 2 aliphatic rings. The molecule has 1 aliphatic heterocycles. The van der Waals surface area contributed by atoms with E-state index in [1.54, 1.807) is 11.8 Å². The van der Waals surface area contributed by atoms with Crippen molar-refractivity contribution in [1.29, 1.82) is 0 Å². The predicted octanol–water partition coefficient (Wildman–Crippen LogP) is 3.51. The molecule has 4 nitrogen and oxygen atoms in total. The van der Waals surface area contributed by atoms with Gasteiger partial charge in [0.05, 0.1) is 5.69 Å². The summed E-state index contributed by atoms with van der Waals surface area (Å²) in [5.41, 5.74) is 1.11. The van der Waals surface area contributed by atoms with Crippen molar-refractivity contribution < 1.29 is 9.53 Å². The summed E-state index contributed by atoms with van der Waals surface area (Å²) >= 11 is 3.14. The third-order valence-corrected chi connectivity index (χ3v) is 5.44. The SMILES string of the molecule is O=C(Nc1nc(C2CC2)cs1)C1CSc2ccccc2O1. The van der Waals surface area contributed by atoms with Crippen LogP contribution in [-0.4, -0.2) is 22.7 Å². The minimum absolute atomic E-state index is 0.117. The number of amides is 1. The van der Waals surface area contributed by atoms with E-state index in [1.165, 1.54) is 24.2 Å². The molecule has 108 valence electrons. The Bertz CT molecular complexity index is 682. The lowest BCUT2D eigenvalue weighted by molar-refractivity contribution is -0.122. The highest BCUT2D eigenvalue weighted by Crippen LogP contribution is 2.41. The van der Waals surface area contributed by atoms with Gasteiger partial charge < -0.3 is 4.74 Å². The number of rotatable bonds is 3. The van der Waals surface area contributed by atoms with Gasteiger partial charge in [0.25, 0.3) is 5.91 Å². The lowest BCUT2D eigenvalue weighted by atomic mass is 10.3. The third kappa shape index (κ3) is 2.78. The fraction of sp³-hybridized carbons (Fsp3) is 0.333. The maximum atomic E-state index is 12.3. The van der Waals surface area contributed by atoms with Gasteiger partial charge in [-0.1, -0.05) is 12.1 Å². The number of nitrogens with zero attached hydrogens (tertiary/aromatic N) is 1. The average Bonchev–Trinajstić information content (AvgIpc) is 3.27.